The van der Waals surface area contributed by atoms with Crippen molar-refractivity contribution in [2.75, 3.05) is 0 Å². The molecule has 0 radical (unpaired) electrons. The molecule has 0 spiro atoms. The molecule has 0 aliphatic carbocycles. The molecule has 0 amide bonds. The van der Waals surface area contributed by atoms with Crippen LogP contribution in [0.2, 0.25) is 0 Å². The molecule has 98 valence electrons. The van der Waals surface area contributed by atoms with Crippen LogP contribution >= 0.6 is 0 Å². The van der Waals surface area contributed by atoms with E-state index >= 15 is 0 Å². The lowest BCUT2D eigenvalue weighted by atomic mass is 10.3. The molecule has 3 rings (SSSR count). The fourth-order valence-corrected chi connectivity index (χ4v) is 6.73. The monoisotopic (exact) mass is 291 g/mol. The second-order valence-corrected chi connectivity index (χ2v) is 9.71. The smallest absolute Gasteiger partial charge is 0.0154 e. The van der Waals surface area contributed by atoms with Crippen molar-refractivity contribution in [2.45, 2.75) is 0 Å². The summed E-state index contributed by atoms with van der Waals surface area (Å²) in [7, 11) is -2.29. The first kappa shape index (κ1) is 13.2. The first-order valence-electron chi connectivity index (χ1n) is 6.69. The third-order valence-electron chi connectivity index (χ3n) is 3.54. The Hall–Kier alpha value is -1.77. The Morgan fingerprint density at radius 3 is 0.950 bits per heavy atom. The highest BCUT2D eigenvalue weighted by atomic mass is 32.3. The molecule has 0 bridgehead atoms. The van der Waals surface area contributed by atoms with Gasteiger partial charge in [-0.1, -0.05) is 107 Å². The van der Waals surface area contributed by atoms with E-state index in [-0.39, 0.29) is 0 Å². The van der Waals surface area contributed by atoms with Crippen molar-refractivity contribution < 1.29 is 0 Å². The standard InChI is InChI=1S/C18H15SSi/c19-20(16-10-4-1-5-11-16,17-12-6-2-7-13-17)18-14-8-3-9-15-18/h1-15H/q-1. The molecule has 20 heavy (non-hydrogen) atoms. The molecule has 0 fully saturated rings. The fourth-order valence-electron chi connectivity index (χ4n) is 2.52. The van der Waals surface area contributed by atoms with Gasteiger partial charge in [-0.05, 0) is 0 Å². The van der Waals surface area contributed by atoms with Gasteiger partial charge in [-0.15, -0.1) is 0 Å². The molecular formula is C18H15SSi-. The molecule has 0 aliphatic rings. The maximum absolute atomic E-state index is 6.24. The van der Waals surface area contributed by atoms with E-state index in [1.165, 1.54) is 15.6 Å². The quantitative estimate of drug-likeness (QED) is 0.405. The summed E-state index contributed by atoms with van der Waals surface area (Å²) in [5.41, 5.74) is 0. The van der Waals surface area contributed by atoms with Gasteiger partial charge >= 0.3 is 0 Å². The molecule has 0 nitrogen and oxygen atoms in total. The van der Waals surface area contributed by atoms with Crippen LogP contribution < -0.4 is 15.6 Å². The van der Waals surface area contributed by atoms with Gasteiger partial charge in [0.25, 0.3) is 0 Å². The van der Waals surface area contributed by atoms with Gasteiger partial charge in [0, 0.05) is 7.22 Å². The van der Waals surface area contributed by atoms with Crippen LogP contribution in [0.1, 0.15) is 0 Å². The van der Waals surface area contributed by atoms with Crippen LogP contribution in [0.5, 0.6) is 0 Å². The van der Waals surface area contributed by atoms with Gasteiger partial charge in [0.2, 0.25) is 0 Å². The van der Waals surface area contributed by atoms with Gasteiger partial charge in [0.1, 0.15) is 0 Å². The molecule has 0 heterocycles. The van der Waals surface area contributed by atoms with E-state index in [9.17, 15) is 0 Å². The topological polar surface area (TPSA) is 0 Å². The highest BCUT2D eigenvalue weighted by molar-refractivity contribution is 8.04. The maximum Gasteiger partial charge on any atom is 0.0154 e. The SMILES string of the molecule is [S-][Si](c1ccccc1)(c1ccccc1)c1ccccc1. The average Bonchev–Trinajstić information content (AvgIpc) is 2.56. The fraction of sp³-hybridized carbons (Fsp3) is 0. The molecule has 0 unspecified atom stereocenters. The van der Waals surface area contributed by atoms with Crippen molar-refractivity contribution in [3.05, 3.63) is 91.0 Å². The second-order valence-electron chi connectivity index (χ2n) is 4.78. The zero-order valence-corrected chi connectivity index (χ0v) is 12.9. The summed E-state index contributed by atoms with van der Waals surface area (Å²) >= 11 is 6.24. The van der Waals surface area contributed by atoms with Crippen LogP contribution in [0.15, 0.2) is 91.0 Å². The van der Waals surface area contributed by atoms with E-state index < -0.39 is 7.22 Å². The van der Waals surface area contributed by atoms with Crippen LogP contribution in [0.3, 0.4) is 0 Å². The number of hydrogen-bond acceptors (Lipinski definition) is 1. The largest absolute Gasteiger partial charge is 0.782 e. The summed E-state index contributed by atoms with van der Waals surface area (Å²) in [5, 5.41) is 3.81. The Morgan fingerprint density at radius 1 is 0.450 bits per heavy atom. The van der Waals surface area contributed by atoms with Gasteiger partial charge < -0.3 is 12.1 Å². The minimum atomic E-state index is -2.29. The van der Waals surface area contributed by atoms with E-state index in [1.54, 1.807) is 0 Å². The molecule has 0 aromatic heterocycles. The van der Waals surface area contributed by atoms with Crippen molar-refractivity contribution in [3.8, 4) is 0 Å². The van der Waals surface area contributed by atoms with Crippen LogP contribution in [0, 0.1) is 0 Å². The van der Waals surface area contributed by atoms with Crippen LogP contribution in [0.25, 0.3) is 0 Å². The average molecular weight is 291 g/mol. The van der Waals surface area contributed by atoms with Gasteiger partial charge in [-0.3, -0.25) is 0 Å². The van der Waals surface area contributed by atoms with Gasteiger partial charge in [0.15, 0.2) is 0 Å². The lowest BCUT2D eigenvalue weighted by Crippen LogP contribution is -2.65. The van der Waals surface area contributed by atoms with Crippen molar-refractivity contribution in [1.29, 1.82) is 0 Å². The molecule has 0 saturated heterocycles. The number of rotatable bonds is 3. The third kappa shape index (κ3) is 2.33. The van der Waals surface area contributed by atoms with E-state index in [0.717, 1.165) is 0 Å². The second kappa shape index (κ2) is 5.69. The molecule has 3 aromatic rings. The molecule has 0 aliphatic heterocycles. The molecule has 3 aromatic carbocycles. The zero-order chi connectivity index (χ0) is 13.8. The van der Waals surface area contributed by atoms with Crippen LogP contribution in [0.4, 0.5) is 0 Å². The zero-order valence-electron chi connectivity index (χ0n) is 11.1. The van der Waals surface area contributed by atoms with Crippen molar-refractivity contribution in [3.63, 3.8) is 0 Å². The Labute approximate surface area is 126 Å². The highest BCUT2D eigenvalue weighted by Crippen LogP contribution is 2.05. The molecule has 0 atom stereocenters. The summed E-state index contributed by atoms with van der Waals surface area (Å²) < 4.78 is 0. The first-order valence-corrected chi connectivity index (χ1v) is 9.82. The predicted molar refractivity (Wildman–Crippen MR) is 91.3 cm³/mol. The Balaban J connectivity index is 2.24. The summed E-state index contributed by atoms with van der Waals surface area (Å²) in [5.74, 6) is 0. The van der Waals surface area contributed by atoms with Crippen molar-refractivity contribution >= 4 is 34.9 Å². The molecule has 0 saturated carbocycles. The Kier molecular flexibility index (Phi) is 3.76. The van der Waals surface area contributed by atoms with Gasteiger partial charge in [0.05, 0.1) is 0 Å². The third-order valence-corrected chi connectivity index (χ3v) is 9.10. The minimum Gasteiger partial charge on any atom is -0.782 e. The normalized spacial score (nSPS) is 11.2. The van der Waals surface area contributed by atoms with Gasteiger partial charge in [-0.2, -0.15) is 0 Å². The summed E-state index contributed by atoms with van der Waals surface area (Å²) in [6, 6.07) is 31.6. The molecule has 2 heteroatoms. The molecule has 0 N–H and O–H groups in total. The van der Waals surface area contributed by atoms with Crippen molar-refractivity contribution in [2.24, 2.45) is 0 Å². The first-order chi connectivity index (χ1) is 9.82. The maximum atomic E-state index is 6.24. The number of benzene rings is 3. The lowest BCUT2D eigenvalue weighted by molar-refractivity contribution is 1.70. The van der Waals surface area contributed by atoms with Crippen LogP contribution in [-0.4, -0.2) is 7.22 Å². The Bertz CT molecular complexity index is 569. The van der Waals surface area contributed by atoms with Crippen LogP contribution in [-0.2, 0) is 12.1 Å². The predicted octanol–water partition coefficient (Wildman–Crippen LogP) is 2.20. The van der Waals surface area contributed by atoms with E-state index in [4.69, 9.17) is 12.1 Å². The van der Waals surface area contributed by atoms with Gasteiger partial charge in [-0.25, -0.2) is 0 Å². The summed E-state index contributed by atoms with van der Waals surface area (Å²) in [6.45, 7) is 0. The summed E-state index contributed by atoms with van der Waals surface area (Å²) in [4.78, 5) is 0. The van der Waals surface area contributed by atoms with E-state index in [1.807, 2.05) is 18.2 Å². The Morgan fingerprint density at radius 2 is 0.700 bits per heavy atom. The minimum absolute atomic E-state index is 1.27. The number of hydrogen-bond donors (Lipinski definition) is 0. The lowest BCUT2D eigenvalue weighted by Gasteiger charge is -2.41. The van der Waals surface area contributed by atoms with Crippen molar-refractivity contribution in [1.82, 2.24) is 0 Å². The van der Waals surface area contributed by atoms with E-state index in [2.05, 4.69) is 72.8 Å². The highest BCUT2D eigenvalue weighted by Gasteiger charge is 2.23. The summed E-state index contributed by atoms with van der Waals surface area (Å²) in [6.07, 6.45) is 0. The van der Waals surface area contributed by atoms with E-state index in [0.29, 0.717) is 0 Å². The molecular weight excluding hydrogens is 276 g/mol.